The van der Waals surface area contributed by atoms with Gasteiger partial charge in [-0.05, 0) is 0 Å². The predicted molar refractivity (Wildman–Crippen MR) is 32.2 cm³/mol. The maximum atomic E-state index is 10.3. The Hall–Kier alpha value is -1.45. The molecule has 1 rings (SSSR count). The van der Waals surface area contributed by atoms with Crippen LogP contribution in [0.25, 0.3) is 0 Å². The summed E-state index contributed by atoms with van der Waals surface area (Å²) in [5.41, 5.74) is 0. The highest BCUT2D eigenvalue weighted by Gasteiger charge is 2.13. The second-order valence-corrected chi connectivity index (χ2v) is 1.62. The van der Waals surface area contributed by atoms with Crippen LogP contribution in [0.4, 0.5) is 0 Å². The molecule has 0 unspecified atom stereocenters. The van der Waals surface area contributed by atoms with Crippen molar-refractivity contribution in [1.29, 1.82) is 0 Å². The summed E-state index contributed by atoms with van der Waals surface area (Å²) in [6.45, 7) is 0. The van der Waals surface area contributed by atoms with Crippen molar-refractivity contribution in [3.63, 3.8) is 0 Å². The van der Waals surface area contributed by atoms with Crippen LogP contribution >= 0.6 is 0 Å². The van der Waals surface area contributed by atoms with E-state index in [2.05, 4.69) is 9.15 Å². The van der Waals surface area contributed by atoms with Crippen molar-refractivity contribution in [3.8, 4) is 5.75 Å². The maximum Gasteiger partial charge on any atom is 0.375 e. The summed E-state index contributed by atoms with van der Waals surface area (Å²) in [6.07, 6.45) is 1.27. The molecule has 54 valence electrons. The second-order valence-electron chi connectivity index (χ2n) is 1.62. The van der Waals surface area contributed by atoms with E-state index in [1.54, 1.807) is 0 Å². The van der Waals surface area contributed by atoms with Gasteiger partial charge < -0.3 is 14.3 Å². The molecule has 1 aromatic heterocycles. The van der Waals surface area contributed by atoms with Gasteiger partial charge in [-0.1, -0.05) is 0 Å². The lowest BCUT2D eigenvalue weighted by Gasteiger charge is -1.93. The van der Waals surface area contributed by atoms with Gasteiger partial charge in [0.2, 0.25) is 0 Å². The fraction of sp³-hybridized carbons (Fsp3) is 0.167. The molecule has 1 N–H and O–H groups in total. The first-order valence-electron chi connectivity index (χ1n) is 2.60. The number of hydrogen-bond acceptors (Lipinski definition) is 3. The van der Waals surface area contributed by atoms with Crippen LogP contribution in [0.5, 0.6) is 5.75 Å². The number of ether oxygens (including phenoxy) is 1. The zero-order valence-corrected chi connectivity index (χ0v) is 5.33. The molecule has 10 heavy (non-hydrogen) atoms. The molecular weight excluding hydrogens is 136 g/mol. The van der Waals surface area contributed by atoms with Crippen LogP contribution in [0.3, 0.4) is 0 Å². The third-order valence-corrected chi connectivity index (χ3v) is 1.04. The molecule has 0 saturated heterocycles. The molecule has 4 heteroatoms. The zero-order valence-electron chi connectivity index (χ0n) is 5.33. The Kier molecular flexibility index (Phi) is 1.62. The molecular formula is C6H6O4. The molecule has 0 aliphatic heterocycles. The van der Waals surface area contributed by atoms with Crippen molar-refractivity contribution in [3.05, 3.63) is 18.1 Å². The maximum absolute atomic E-state index is 10.3. The lowest BCUT2D eigenvalue weighted by atomic mass is 10.4. The molecule has 0 saturated carbocycles. The highest BCUT2D eigenvalue weighted by Crippen LogP contribution is 2.18. The van der Waals surface area contributed by atoms with E-state index in [9.17, 15) is 4.79 Å². The Morgan fingerprint density at radius 3 is 2.90 bits per heavy atom. The first kappa shape index (κ1) is 6.67. The fourth-order valence-electron chi connectivity index (χ4n) is 0.614. The molecule has 0 fully saturated rings. The van der Waals surface area contributed by atoms with Gasteiger partial charge in [0.15, 0.2) is 5.75 Å². The topological polar surface area (TPSA) is 59.7 Å². The average molecular weight is 142 g/mol. The number of aromatic carboxylic acids is 1. The van der Waals surface area contributed by atoms with Crippen molar-refractivity contribution in [1.82, 2.24) is 0 Å². The molecule has 0 aromatic carbocycles. The number of rotatable bonds is 2. The Balaban J connectivity index is 3.01. The Morgan fingerprint density at radius 1 is 1.80 bits per heavy atom. The Labute approximate surface area is 57.0 Å². The average Bonchev–Trinajstić information content (AvgIpc) is 2.33. The van der Waals surface area contributed by atoms with Crippen LogP contribution in [0.2, 0.25) is 0 Å². The van der Waals surface area contributed by atoms with Crippen LogP contribution in [0.15, 0.2) is 16.7 Å². The molecule has 0 aliphatic carbocycles. The van der Waals surface area contributed by atoms with Crippen LogP contribution < -0.4 is 4.74 Å². The molecule has 4 nitrogen and oxygen atoms in total. The molecule has 0 bridgehead atoms. The fourth-order valence-corrected chi connectivity index (χ4v) is 0.614. The molecule has 1 aromatic rings. The van der Waals surface area contributed by atoms with E-state index in [-0.39, 0.29) is 11.5 Å². The van der Waals surface area contributed by atoms with Crippen LogP contribution in [-0.2, 0) is 0 Å². The van der Waals surface area contributed by atoms with Crippen molar-refractivity contribution in [2.45, 2.75) is 0 Å². The van der Waals surface area contributed by atoms with Crippen LogP contribution in [0, 0.1) is 0 Å². The number of carboxylic acids is 1. The van der Waals surface area contributed by atoms with Gasteiger partial charge in [-0.3, -0.25) is 0 Å². The predicted octanol–water partition coefficient (Wildman–Crippen LogP) is 0.986. The van der Waals surface area contributed by atoms with Gasteiger partial charge in [-0.2, -0.15) is 0 Å². The lowest BCUT2D eigenvalue weighted by Crippen LogP contribution is -1.96. The minimum absolute atomic E-state index is 0.164. The van der Waals surface area contributed by atoms with Gasteiger partial charge in [-0.15, -0.1) is 0 Å². The zero-order chi connectivity index (χ0) is 7.56. The molecule has 0 spiro atoms. The summed E-state index contributed by atoms with van der Waals surface area (Å²) in [5, 5.41) is 8.41. The quantitative estimate of drug-likeness (QED) is 0.668. The van der Waals surface area contributed by atoms with Crippen LogP contribution in [0.1, 0.15) is 10.6 Å². The summed E-state index contributed by atoms with van der Waals surface area (Å²) in [7, 11) is 1.39. The number of carbonyl (C=O) groups is 1. The van der Waals surface area contributed by atoms with E-state index >= 15 is 0 Å². The number of carboxylic acid groups (broad SMARTS) is 1. The third kappa shape index (κ3) is 0.953. The minimum Gasteiger partial charge on any atom is -0.492 e. The van der Waals surface area contributed by atoms with Crippen molar-refractivity contribution in [2.24, 2.45) is 0 Å². The first-order chi connectivity index (χ1) is 4.75. The smallest absolute Gasteiger partial charge is 0.375 e. The summed E-state index contributed by atoms with van der Waals surface area (Å²) in [6, 6.07) is 1.45. The van der Waals surface area contributed by atoms with E-state index in [0.717, 1.165) is 0 Å². The summed E-state index contributed by atoms with van der Waals surface area (Å²) in [5.74, 6) is -1.04. The minimum atomic E-state index is -1.12. The van der Waals surface area contributed by atoms with E-state index in [1.807, 2.05) is 0 Å². The first-order valence-corrected chi connectivity index (χ1v) is 2.60. The van der Waals surface area contributed by atoms with Gasteiger partial charge in [0.05, 0.1) is 13.4 Å². The largest absolute Gasteiger partial charge is 0.492 e. The highest BCUT2D eigenvalue weighted by molar-refractivity contribution is 5.87. The third-order valence-electron chi connectivity index (χ3n) is 1.04. The SMILES string of the molecule is COc1ccoc1C(=O)O. The van der Waals surface area contributed by atoms with Gasteiger partial charge in [-0.25, -0.2) is 4.79 Å². The molecule has 0 amide bonds. The van der Waals surface area contributed by atoms with Gasteiger partial charge in [0.25, 0.3) is 5.76 Å². The summed E-state index contributed by atoms with van der Waals surface area (Å²) < 4.78 is 9.26. The van der Waals surface area contributed by atoms with E-state index in [0.29, 0.717) is 0 Å². The lowest BCUT2D eigenvalue weighted by molar-refractivity contribution is 0.0657. The number of hydrogen-bond donors (Lipinski definition) is 1. The molecule has 0 atom stereocenters. The van der Waals surface area contributed by atoms with E-state index in [4.69, 9.17) is 5.11 Å². The highest BCUT2D eigenvalue weighted by atomic mass is 16.5. The van der Waals surface area contributed by atoms with Gasteiger partial charge in [0.1, 0.15) is 0 Å². The van der Waals surface area contributed by atoms with Crippen molar-refractivity contribution in [2.75, 3.05) is 7.11 Å². The number of methoxy groups -OCH3 is 1. The van der Waals surface area contributed by atoms with E-state index in [1.165, 1.54) is 19.4 Å². The standard InChI is InChI=1S/C6H6O4/c1-9-4-2-3-10-5(4)6(7)8/h2-3H,1H3,(H,7,8). The normalized spacial score (nSPS) is 9.30. The van der Waals surface area contributed by atoms with Crippen molar-refractivity contribution >= 4 is 5.97 Å². The molecule has 0 radical (unpaired) electrons. The molecule has 0 aliphatic rings. The van der Waals surface area contributed by atoms with Gasteiger partial charge in [0, 0.05) is 6.07 Å². The van der Waals surface area contributed by atoms with Crippen LogP contribution in [-0.4, -0.2) is 18.2 Å². The monoisotopic (exact) mass is 142 g/mol. The summed E-state index contributed by atoms with van der Waals surface area (Å²) in [4.78, 5) is 10.3. The summed E-state index contributed by atoms with van der Waals surface area (Å²) >= 11 is 0. The van der Waals surface area contributed by atoms with E-state index < -0.39 is 5.97 Å². The second kappa shape index (κ2) is 2.43. The Morgan fingerprint density at radius 2 is 2.50 bits per heavy atom. The molecule has 1 heterocycles. The number of furan rings is 1. The van der Waals surface area contributed by atoms with Gasteiger partial charge >= 0.3 is 5.97 Å². The Bertz CT molecular complexity index is 238. The van der Waals surface area contributed by atoms with Crippen molar-refractivity contribution < 1.29 is 19.1 Å².